The van der Waals surface area contributed by atoms with E-state index in [-0.39, 0.29) is 24.3 Å². The van der Waals surface area contributed by atoms with Gasteiger partial charge in [-0.3, -0.25) is 4.79 Å². The summed E-state index contributed by atoms with van der Waals surface area (Å²) in [6.07, 6.45) is 0. The first kappa shape index (κ1) is 14.0. The molecule has 1 unspecified atom stereocenters. The van der Waals surface area contributed by atoms with Crippen molar-refractivity contribution in [2.45, 2.75) is 13.0 Å². The molecule has 1 saturated heterocycles. The van der Waals surface area contributed by atoms with E-state index >= 15 is 0 Å². The van der Waals surface area contributed by atoms with E-state index in [4.69, 9.17) is 4.74 Å². The molecule has 1 atom stereocenters. The average molecular weight is 266 g/mol. The van der Waals surface area contributed by atoms with Gasteiger partial charge in [0.15, 0.2) is 0 Å². The lowest BCUT2D eigenvalue weighted by molar-refractivity contribution is -0.134. The second kappa shape index (κ2) is 6.63. The molecule has 1 heterocycles. The van der Waals surface area contributed by atoms with Gasteiger partial charge in [0.1, 0.15) is 5.82 Å². The maximum absolute atomic E-state index is 13.1. The number of benzene rings is 1. The van der Waals surface area contributed by atoms with Gasteiger partial charge in [0.05, 0.1) is 19.8 Å². The number of amides is 1. The molecule has 1 amide bonds. The molecule has 1 fully saturated rings. The van der Waals surface area contributed by atoms with Crippen molar-refractivity contribution in [1.82, 2.24) is 10.2 Å². The predicted octanol–water partition coefficient (Wildman–Crippen LogP) is 1.34. The zero-order valence-electron chi connectivity index (χ0n) is 11.1. The molecule has 1 aliphatic rings. The van der Waals surface area contributed by atoms with Gasteiger partial charge in [0.25, 0.3) is 0 Å². The lowest BCUT2D eigenvalue weighted by Gasteiger charge is -2.27. The largest absolute Gasteiger partial charge is 0.378 e. The van der Waals surface area contributed by atoms with Crippen LogP contribution in [0.15, 0.2) is 24.3 Å². The van der Waals surface area contributed by atoms with Crippen LogP contribution in [0.5, 0.6) is 0 Å². The van der Waals surface area contributed by atoms with Crippen molar-refractivity contribution in [2.75, 3.05) is 32.8 Å². The maximum Gasteiger partial charge on any atom is 0.236 e. The molecule has 1 aliphatic heterocycles. The van der Waals surface area contributed by atoms with Crippen LogP contribution in [-0.2, 0) is 9.53 Å². The molecule has 5 heteroatoms. The normalized spacial score (nSPS) is 17.3. The van der Waals surface area contributed by atoms with Crippen molar-refractivity contribution in [1.29, 1.82) is 0 Å². The van der Waals surface area contributed by atoms with Gasteiger partial charge in [-0.25, -0.2) is 4.39 Å². The summed E-state index contributed by atoms with van der Waals surface area (Å²) >= 11 is 0. The van der Waals surface area contributed by atoms with Gasteiger partial charge >= 0.3 is 0 Å². The zero-order chi connectivity index (χ0) is 13.7. The van der Waals surface area contributed by atoms with Crippen LogP contribution in [0.25, 0.3) is 0 Å². The van der Waals surface area contributed by atoms with Crippen molar-refractivity contribution in [3.05, 3.63) is 35.6 Å². The standard InChI is InChI=1S/C14H19FN2O2/c1-11(12-3-2-4-13(15)9-12)16-10-14(18)17-5-7-19-8-6-17/h2-4,9,11,16H,5-8,10H2,1H3. The van der Waals surface area contributed by atoms with E-state index in [0.29, 0.717) is 26.3 Å². The molecule has 0 aromatic heterocycles. The van der Waals surface area contributed by atoms with Crippen LogP contribution in [0.4, 0.5) is 4.39 Å². The molecule has 19 heavy (non-hydrogen) atoms. The summed E-state index contributed by atoms with van der Waals surface area (Å²) in [6.45, 7) is 4.68. The Kier molecular flexibility index (Phi) is 4.87. The Bertz CT molecular complexity index is 433. The fraction of sp³-hybridized carbons (Fsp3) is 0.500. The first-order chi connectivity index (χ1) is 9.16. The molecule has 0 radical (unpaired) electrons. The van der Waals surface area contributed by atoms with Crippen LogP contribution in [0, 0.1) is 5.82 Å². The number of carbonyl (C=O) groups excluding carboxylic acids is 1. The number of halogens is 1. The van der Waals surface area contributed by atoms with Crippen LogP contribution in [0.1, 0.15) is 18.5 Å². The monoisotopic (exact) mass is 266 g/mol. The first-order valence-corrected chi connectivity index (χ1v) is 6.51. The lowest BCUT2D eigenvalue weighted by atomic mass is 10.1. The van der Waals surface area contributed by atoms with E-state index in [1.165, 1.54) is 12.1 Å². The number of rotatable bonds is 4. The van der Waals surface area contributed by atoms with E-state index in [1.54, 1.807) is 11.0 Å². The molecule has 2 rings (SSSR count). The van der Waals surface area contributed by atoms with Gasteiger partial charge in [-0.05, 0) is 24.6 Å². The predicted molar refractivity (Wildman–Crippen MR) is 70.2 cm³/mol. The third-order valence-electron chi connectivity index (χ3n) is 3.27. The minimum atomic E-state index is -0.259. The maximum atomic E-state index is 13.1. The number of morpholine rings is 1. The summed E-state index contributed by atoms with van der Waals surface area (Å²) < 4.78 is 18.3. The van der Waals surface area contributed by atoms with Crippen molar-refractivity contribution in [2.24, 2.45) is 0 Å². The Hall–Kier alpha value is -1.46. The van der Waals surface area contributed by atoms with Crippen LogP contribution in [0.2, 0.25) is 0 Å². The number of nitrogens with one attached hydrogen (secondary N) is 1. The Balaban J connectivity index is 1.82. The quantitative estimate of drug-likeness (QED) is 0.894. The molecule has 104 valence electrons. The molecule has 0 spiro atoms. The molecule has 4 nitrogen and oxygen atoms in total. The van der Waals surface area contributed by atoms with Gasteiger partial charge < -0.3 is 15.0 Å². The summed E-state index contributed by atoms with van der Waals surface area (Å²) in [4.78, 5) is 13.7. The zero-order valence-corrected chi connectivity index (χ0v) is 11.1. The summed E-state index contributed by atoms with van der Waals surface area (Å²) in [7, 11) is 0. The second-order valence-electron chi connectivity index (χ2n) is 4.65. The van der Waals surface area contributed by atoms with Crippen LogP contribution >= 0.6 is 0 Å². The molecule has 0 saturated carbocycles. The highest BCUT2D eigenvalue weighted by atomic mass is 19.1. The topological polar surface area (TPSA) is 41.6 Å². The summed E-state index contributed by atoms with van der Waals surface area (Å²) in [5.74, 6) is -0.197. The lowest BCUT2D eigenvalue weighted by Crippen LogP contribution is -2.45. The number of hydrogen-bond donors (Lipinski definition) is 1. The van der Waals surface area contributed by atoms with E-state index in [9.17, 15) is 9.18 Å². The van der Waals surface area contributed by atoms with E-state index < -0.39 is 0 Å². The average Bonchev–Trinajstić information content (AvgIpc) is 2.45. The van der Waals surface area contributed by atoms with Crippen LogP contribution in [-0.4, -0.2) is 43.7 Å². The van der Waals surface area contributed by atoms with Gasteiger partial charge in [0.2, 0.25) is 5.91 Å². The minimum Gasteiger partial charge on any atom is -0.378 e. The summed E-state index contributed by atoms with van der Waals surface area (Å²) in [6, 6.07) is 6.36. The highest BCUT2D eigenvalue weighted by Gasteiger charge is 2.17. The second-order valence-corrected chi connectivity index (χ2v) is 4.65. The molecule has 0 bridgehead atoms. The Morgan fingerprint density at radius 3 is 2.89 bits per heavy atom. The smallest absolute Gasteiger partial charge is 0.236 e. The fourth-order valence-electron chi connectivity index (χ4n) is 2.06. The summed E-state index contributed by atoms with van der Waals surface area (Å²) in [5, 5.41) is 3.12. The van der Waals surface area contributed by atoms with Crippen molar-refractivity contribution in [3.63, 3.8) is 0 Å². The molecule has 1 N–H and O–H groups in total. The van der Waals surface area contributed by atoms with Gasteiger partial charge in [0, 0.05) is 19.1 Å². The highest BCUT2D eigenvalue weighted by Crippen LogP contribution is 2.13. The summed E-state index contributed by atoms with van der Waals surface area (Å²) in [5.41, 5.74) is 0.842. The van der Waals surface area contributed by atoms with Crippen LogP contribution < -0.4 is 5.32 Å². The van der Waals surface area contributed by atoms with Gasteiger partial charge in [-0.15, -0.1) is 0 Å². The van der Waals surface area contributed by atoms with Crippen LogP contribution in [0.3, 0.4) is 0 Å². The SMILES string of the molecule is CC(NCC(=O)N1CCOCC1)c1cccc(F)c1. The van der Waals surface area contributed by atoms with E-state index in [0.717, 1.165) is 5.56 Å². The van der Waals surface area contributed by atoms with E-state index in [2.05, 4.69) is 5.32 Å². The Labute approximate surface area is 112 Å². The molecule has 1 aromatic rings. The number of carbonyl (C=O) groups is 1. The van der Waals surface area contributed by atoms with Crippen molar-refractivity contribution >= 4 is 5.91 Å². The van der Waals surface area contributed by atoms with E-state index in [1.807, 2.05) is 13.0 Å². The molecular formula is C14H19FN2O2. The number of nitrogens with zero attached hydrogens (tertiary/aromatic N) is 1. The highest BCUT2D eigenvalue weighted by molar-refractivity contribution is 5.78. The molecule has 0 aliphatic carbocycles. The van der Waals surface area contributed by atoms with Crippen molar-refractivity contribution in [3.8, 4) is 0 Å². The third-order valence-corrected chi connectivity index (χ3v) is 3.27. The van der Waals surface area contributed by atoms with Gasteiger partial charge in [-0.2, -0.15) is 0 Å². The fourth-order valence-corrected chi connectivity index (χ4v) is 2.06. The molecule has 1 aromatic carbocycles. The molecular weight excluding hydrogens is 247 g/mol. The minimum absolute atomic E-state index is 0.0549. The van der Waals surface area contributed by atoms with Crippen molar-refractivity contribution < 1.29 is 13.9 Å². The number of ether oxygens (including phenoxy) is 1. The number of hydrogen-bond acceptors (Lipinski definition) is 3. The Morgan fingerprint density at radius 2 is 2.21 bits per heavy atom. The van der Waals surface area contributed by atoms with Gasteiger partial charge in [-0.1, -0.05) is 12.1 Å². The Morgan fingerprint density at radius 1 is 1.47 bits per heavy atom. The third kappa shape index (κ3) is 4.01. The first-order valence-electron chi connectivity index (χ1n) is 6.51.